The van der Waals surface area contributed by atoms with Gasteiger partial charge in [-0.2, -0.15) is 0 Å². The maximum absolute atomic E-state index is 15.4. The first-order valence-electron chi connectivity index (χ1n) is 12.3. The van der Waals surface area contributed by atoms with Gasteiger partial charge in [0.05, 0.1) is 28.7 Å². The van der Waals surface area contributed by atoms with Crippen molar-refractivity contribution in [2.75, 3.05) is 50.6 Å². The van der Waals surface area contributed by atoms with Gasteiger partial charge in [-0.3, -0.25) is 4.98 Å². The van der Waals surface area contributed by atoms with Crippen LogP contribution in [0.3, 0.4) is 0 Å². The number of aromatic nitrogens is 3. The van der Waals surface area contributed by atoms with Crippen molar-refractivity contribution in [3.05, 3.63) is 54.7 Å². The van der Waals surface area contributed by atoms with E-state index in [1.807, 2.05) is 30.8 Å². The summed E-state index contributed by atoms with van der Waals surface area (Å²) in [4.78, 5) is 16.9. The number of nitrogens with zero attached hydrogens (tertiary/aromatic N) is 5. The minimum Gasteiger partial charge on any atom is -0.488 e. The predicted octanol–water partition coefficient (Wildman–Crippen LogP) is 4.86. The van der Waals surface area contributed by atoms with Gasteiger partial charge in [-0.1, -0.05) is 0 Å². The Morgan fingerprint density at radius 3 is 2.79 bits per heavy atom. The molecule has 0 saturated carbocycles. The van der Waals surface area contributed by atoms with Crippen molar-refractivity contribution in [2.45, 2.75) is 25.6 Å². The summed E-state index contributed by atoms with van der Waals surface area (Å²) in [7, 11) is 3.89. The van der Waals surface area contributed by atoms with Crippen LogP contribution in [0.4, 0.5) is 30.4 Å². The zero-order valence-electron chi connectivity index (χ0n) is 21.4. The maximum atomic E-state index is 15.4. The first-order chi connectivity index (χ1) is 18.3. The molecule has 0 radical (unpaired) electrons. The molecule has 0 amide bonds. The molecule has 5 rings (SSSR count). The third-order valence-corrected chi connectivity index (χ3v) is 6.35. The average molecular weight is 527 g/mol. The van der Waals surface area contributed by atoms with E-state index in [-0.39, 0.29) is 24.9 Å². The standard InChI is InChI=1S/C27H29F3N6O2/c1-16(13-35(2)3)38-22-12-17(36-9-10-37-23(14-36)26(29)30)11-21-24(22)27(33-15-32-21)34-20-7-6-19-18(25(20)28)5-4-8-31-19/h4-8,11-12,15-16,23,26H,9-10,13-14H2,1-3H3,(H,32,33,34)/t16-,23-/m1/s1. The van der Waals surface area contributed by atoms with E-state index in [0.29, 0.717) is 52.2 Å². The molecule has 0 bridgehead atoms. The number of ether oxygens (including phenoxy) is 2. The van der Waals surface area contributed by atoms with Crippen molar-refractivity contribution in [3.8, 4) is 5.75 Å². The number of likely N-dealkylation sites (N-methyl/N-ethyl adjacent to an activating group) is 1. The summed E-state index contributed by atoms with van der Waals surface area (Å²) in [5.41, 5.74) is 2.00. The number of pyridine rings is 1. The zero-order chi connectivity index (χ0) is 26.8. The van der Waals surface area contributed by atoms with Gasteiger partial charge in [0.15, 0.2) is 5.82 Å². The first-order valence-corrected chi connectivity index (χ1v) is 12.3. The van der Waals surface area contributed by atoms with Gasteiger partial charge in [0, 0.05) is 43.0 Å². The molecule has 0 unspecified atom stereocenters. The lowest BCUT2D eigenvalue weighted by Gasteiger charge is -2.34. The molecule has 2 aromatic heterocycles. The molecule has 8 nitrogen and oxygen atoms in total. The summed E-state index contributed by atoms with van der Waals surface area (Å²) >= 11 is 0. The minimum absolute atomic E-state index is 0.0440. The Balaban J connectivity index is 1.58. The lowest BCUT2D eigenvalue weighted by atomic mass is 10.1. The molecule has 3 heterocycles. The van der Waals surface area contributed by atoms with Crippen molar-refractivity contribution >= 4 is 39.0 Å². The third-order valence-electron chi connectivity index (χ3n) is 6.35. The largest absolute Gasteiger partial charge is 0.488 e. The number of benzene rings is 2. The number of anilines is 3. The highest BCUT2D eigenvalue weighted by Gasteiger charge is 2.29. The van der Waals surface area contributed by atoms with Crippen molar-refractivity contribution in [2.24, 2.45) is 0 Å². The number of morpholine rings is 1. The molecule has 1 aliphatic rings. The van der Waals surface area contributed by atoms with E-state index in [1.54, 1.807) is 42.6 Å². The molecule has 1 aliphatic heterocycles. The van der Waals surface area contributed by atoms with Crippen LogP contribution in [0.1, 0.15) is 6.92 Å². The summed E-state index contributed by atoms with van der Waals surface area (Å²) in [5, 5.41) is 4.05. The van der Waals surface area contributed by atoms with Crippen LogP contribution in [0.25, 0.3) is 21.8 Å². The summed E-state index contributed by atoms with van der Waals surface area (Å²) in [6.07, 6.45) is -0.980. The summed E-state index contributed by atoms with van der Waals surface area (Å²) in [5.74, 6) is 0.384. The number of fused-ring (bicyclic) bond motifs is 2. The number of hydrogen-bond acceptors (Lipinski definition) is 8. The maximum Gasteiger partial charge on any atom is 0.266 e. The van der Waals surface area contributed by atoms with Gasteiger partial charge in [-0.15, -0.1) is 0 Å². The van der Waals surface area contributed by atoms with Crippen LogP contribution in [0.5, 0.6) is 5.75 Å². The lowest BCUT2D eigenvalue weighted by molar-refractivity contribution is -0.0614. The Morgan fingerprint density at radius 2 is 2.00 bits per heavy atom. The highest BCUT2D eigenvalue weighted by molar-refractivity contribution is 5.98. The summed E-state index contributed by atoms with van der Waals surface area (Å²) < 4.78 is 53.7. The summed E-state index contributed by atoms with van der Waals surface area (Å²) in [6.45, 7) is 3.26. The van der Waals surface area contributed by atoms with E-state index in [9.17, 15) is 8.78 Å². The Bertz CT molecular complexity index is 1440. The van der Waals surface area contributed by atoms with Crippen LogP contribution < -0.4 is 15.0 Å². The molecule has 38 heavy (non-hydrogen) atoms. The fraction of sp³-hybridized carbons (Fsp3) is 0.370. The molecule has 11 heteroatoms. The summed E-state index contributed by atoms with van der Waals surface area (Å²) in [6, 6.07) is 10.3. The molecule has 200 valence electrons. The Morgan fingerprint density at radius 1 is 1.16 bits per heavy atom. The van der Waals surface area contributed by atoms with Crippen molar-refractivity contribution in [3.63, 3.8) is 0 Å². The molecule has 0 aliphatic carbocycles. The van der Waals surface area contributed by atoms with Gasteiger partial charge in [-0.05, 0) is 51.4 Å². The normalized spacial score (nSPS) is 16.9. The molecule has 4 aromatic rings. The van der Waals surface area contributed by atoms with Crippen LogP contribution in [0.15, 0.2) is 48.9 Å². The van der Waals surface area contributed by atoms with Crippen LogP contribution in [-0.2, 0) is 4.74 Å². The molecule has 1 N–H and O–H groups in total. The number of alkyl halides is 2. The number of rotatable bonds is 8. The van der Waals surface area contributed by atoms with E-state index in [1.165, 1.54) is 6.33 Å². The molecule has 1 saturated heterocycles. The predicted molar refractivity (Wildman–Crippen MR) is 141 cm³/mol. The van der Waals surface area contributed by atoms with E-state index < -0.39 is 18.3 Å². The van der Waals surface area contributed by atoms with Gasteiger partial charge in [0.25, 0.3) is 6.43 Å². The van der Waals surface area contributed by atoms with Crippen LogP contribution >= 0.6 is 0 Å². The lowest BCUT2D eigenvalue weighted by Crippen LogP contribution is -2.45. The van der Waals surface area contributed by atoms with E-state index in [2.05, 4.69) is 20.3 Å². The van der Waals surface area contributed by atoms with E-state index in [4.69, 9.17) is 9.47 Å². The number of halogens is 3. The molecular weight excluding hydrogens is 497 g/mol. The Hall–Kier alpha value is -3.70. The van der Waals surface area contributed by atoms with Gasteiger partial charge in [-0.25, -0.2) is 23.1 Å². The van der Waals surface area contributed by atoms with E-state index >= 15 is 4.39 Å². The SMILES string of the molecule is C[C@H](CN(C)C)Oc1cc(N2CCO[C@@H](C(F)F)C2)cc2ncnc(Nc3ccc4ncccc4c3F)c12. The molecule has 2 atom stereocenters. The smallest absolute Gasteiger partial charge is 0.266 e. The quantitative estimate of drug-likeness (QED) is 0.349. The van der Waals surface area contributed by atoms with Crippen molar-refractivity contribution in [1.29, 1.82) is 0 Å². The highest BCUT2D eigenvalue weighted by atomic mass is 19.3. The van der Waals surface area contributed by atoms with Gasteiger partial charge >= 0.3 is 0 Å². The second-order valence-electron chi connectivity index (χ2n) is 9.56. The Kier molecular flexibility index (Phi) is 7.48. The second kappa shape index (κ2) is 11.0. The first kappa shape index (κ1) is 25.9. The van der Waals surface area contributed by atoms with Gasteiger partial charge in [0.2, 0.25) is 0 Å². The molecular formula is C27H29F3N6O2. The number of nitrogens with one attached hydrogen (secondary N) is 1. The highest BCUT2D eigenvalue weighted by Crippen LogP contribution is 2.38. The average Bonchev–Trinajstić information content (AvgIpc) is 2.90. The molecule has 1 fully saturated rings. The Labute approximate surface area is 218 Å². The van der Waals surface area contributed by atoms with Crippen LogP contribution in [-0.4, -0.2) is 78.8 Å². The molecule has 0 spiro atoms. The number of hydrogen-bond donors (Lipinski definition) is 1. The monoisotopic (exact) mass is 526 g/mol. The fourth-order valence-electron chi connectivity index (χ4n) is 4.68. The van der Waals surface area contributed by atoms with Crippen molar-refractivity contribution < 1.29 is 22.6 Å². The van der Waals surface area contributed by atoms with Gasteiger partial charge in [0.1, 0.15) is 30.1 Å². The second-order valence-corrected chi connectivity index (χ2v) is 9.56. The topological polar surface area (TPSA) is 75.6 Å². The fourth-order valence-corrected chi connectivity index (χ4v) is 4.68. The van der Waals surface area contributed by atoms with Gasteiger partial charge < -0.3 is 24.6 Å². The van der Waals surface area contributed by atoms with Crippen LogP contribution in [0.2, 0.25) is 0 Å². The third kappa shape index (κ3) is 5.44. The minimum atomic E-state index is -2.58. The van der Waals surface area contributed by atoms with Crippen LogP contribution in [0, 0.1) is 5.82 Å². The zero-order valence-corrected chi connectivity index (χ0v) is 21.4. The van der Waals surface area contributed by atoms with Crippen molar-refractivity contribution in [1.82, 2.24) is 19.9 Å². The molecule has 2 aromatic carbocycles. The van der Waals surface area contributed by atoms with E-state index in [0.717, 1.165) is 0 Å².